The molecule has 0 fully saturated rings. The van der Waals surface area contributed by atoms with Gasteiger partial charge in [-0.15, -0.1) is 12.6 Å². The van der Waals surface area contributed by atoms with Crippen molar-refractivity contribution in [3.05, 3.63) is 78.1 Å². The molecular weight excluding hydrogens is 374 g/mol. The van der Waals surface area contributed by atoms with Crippen LogP contribution in [0.3, 0.4) is 0 Å². The summed E-state index contributed by atoms with van der Waals surface area (Å²) < 4.78 is 5.42. The summed E-state index contributed by atoms with van der Waals surface area (Å²) in [5.41, 5.74) is 9.60. The van der Waals surface area contributed by atoms with Gasteiger partial charge < -0.3 is 15.8 Å². The van der Waals surface area contributed by atoms with E-state index in [1.807, 2.05) is 18.2 Å². The van der Waals surface area contributed by atoms with Gasteiger partial charge >= 0.3 is 0 Å². The van der Waals surface area contributed by atoms with Gasteiger partial charge in [-0.05, 0) is 53.1 Å². The van der Waals surface area contributed by atoms with E-state index in [9.17, 15) is 9.59 Å². The highest BCUT2D eigenvalue weighted by atomic mass is 32.1. The highest BCUT2D eigenvalue weighted by molar-refractivity contribution is 7.96. The van der Waals surface area contributed by atoms with Crippen LogP contribution in [0.5, 0.6) is 5.75 Å². The van der Waals surface area contributed by atoms with Gasteiger partial charge in [-0.25, -0.2) is 0 Å². The van der Waals surface area contributed by atoms with Crippen molar-refractivity contribution in [2.24, 2.45) is 5.73 Å². The van der Waals surface area contributed by atoms with Gasteiger partial charge in [0.1, 0.15) is 5.75 Å². The Kier molecular flexibility index (Phi) is 6.41. The van der Waals surface area contributed by atoms with Gasteiger partial charge in [0.25, 0.3) is 5.91 Å². The average Bonchev–Trinajstić information content (AvgIpc) is 2.72. The predicted molar refractivity (Wildman–Crippen MR) is 111 cm³/mol. The molecule has 6 nitrogen and oxygen atoms in total. The van der Waals surface area contributed by atoms with E-state index < -0.39 is 0 Å². The number of nitrogens with two attached hydrogens (primary N) is 1. The normalized spacial score (nSPS) is 10.4. The highest BCUT2D eigenvalue weighted by Gasteiger charge is 2.12. The molecule has 1 aromatic heterocycles. The minimum Gasteiger partial charge on any atom is -0.485 e. The van der Waals surface area contributed by atoms with Crippen molar-refractivity contribution in [1.29, 1.82) is 0 Å². The lowest BCUT2D eigenvalue weighted by Gasteiger charge is -2.13. The number of ether oxygens (including phenoxy) is 1. The number of pyridine rings is 1. The van der Waals surface area contributed by atoms with Crippen LogP contribution in [0.15, 0.2) is 67.0 Å². The lowest BCUT2D eigenvalue weighted by molar-refractivity contribution is -0.112. The Hall–Kier alpha value is -3.16. The molecule has 142 valence electrons. The summed E-state index contributed by atoms with van der Waals surface area (Å²) in [4.78, 5) is 27.6. The third kappa shape index (κ3) is 4.97. The zero-order chi connectivity index (χ0) is 19.9. The van der Waals surface area contributed by atoms with Crippen molar-refractivity contribution in [1.82, 2.24) is 4.98 Å². The predicted octanol–water partition coefficient (Wildman–Crippen LogP) is 3.29. The van der Waals surface area contributed by atoms with Crippen LogP contribution in [-0.4, -0.2) is 22.6 Å². The lowest BCUT2D eigenvalue weighted by atomic mass is 9.96. The Bertz CT molecular complexity index is 993. The third-order valence-corrected chi connectivity index (χ3v) is 4.17. The van der Waals surface area contributed by atoms with Gasteiger partial charge in [-0.2, -0.15) is 0 Å². The first-order valence-electron chi connectivity index (χ1n) is 8.56. The van der Waals surface area contributed by atoms with E-state index in [1.54, 1.807) is 48.8 Å². The van der Waals surface area contributed by atoms with Crippen LogP contribution in [0, 0.1) is 0 Å². The van der Waals surface area contributed by atoms with E-state index >= 15 is 0 Å². The number of thiol groups is 1. The summed E-state index contributed by atoms with van der Waals surface area (Å²) in [6.07, 6.45) is 3.22. The number of hydrogen-bond acceptors (Lipinski definition) is 5. The van der Waals surface area contributed by atoms with E-state index in [0.717, 1.165) is 16.7 Å². The van der Waals surface area contributed by atoms with E-state index in [4.69, 9.17) is 10.5 Å². The number of nitrogens with zero attached hydrogens (tertiary/aromatic N) is 1. The van der Waals surface area contributed by atoms with Gasteiger partial charge in [0, 0.05) is 30.2 Å². The van der Waals surface area contributed by atoms with E-state index in [2.05, 4.69) is 22.9 Å². The fraction of sp³-hybridized carbons (Fsp3) is 0.0952. The number of aromatic nitrogens is 1. The Balaban J connectivity index is 1.90. The maximum Gasteiger partial charge on any atom is 0.255 e. The second-order valence-corrected chi connectivity index (χ2v) is 6.48. The molecule has 7 heteroatoms. The van der Waals surface area contributed by atoms with Crippen LogP contribution in [0.4, 0.5) is 5.69 Å². The Morgan fingerprint density at radius 3 is 2.57 bits per heavy atom. The summed E-state index contributed by atoms with van der Waals surface area (Å²) in [6.45, 7) is 0.201. The number of nitrogens with one attached hydrogen (secondary N) is 1. The van der Waals surface area contributed by atoms with Crippen molar-refractivity contribution in [3.63, 3.8) is 0 Å². The van der Waals surface area contributed by atoms with E-state index in [0.29, 0.717) is 23.5 Å². The molecule has 1 heterocycles. The zero-order valence-corrected chi connectivity index (χ0v) is 15.9. The molecule has 28 heavy (non-hydrogen) atoms. The molecule has 0 aliphatic carbocycles. The second kappa shape index (κ2) is 9.16. The van der Waals surface area contributed by atoms with E-state index in [1.165, 1.54) is 0 Å². The molecule has 0 aliphatic heterocycles. The Labute approximate surface area is 168 Å². The number of carbonyl (C=O) groups excluding carboxylic acids is 2. The van der Waals surface area contributed by atoms with Gasteiger partial charge in [0.15, 0.2) is 6.61 Å². The number of rotatable bonds is 7. The van der Waals surface area contributed by atoms with Gasteiger partial charge in [-0.1, -0.05) is 18.2 Å². The van der Waals surface area contributed by atoms with Crippen molar-refractivity contribution < 1.29 is 14.3 Å². The molecule has 0 unspecified atom stereocenters. The molecule has 2 aromatic carbocycles. The van der Waals surface area contributed by atoms with Crippen LogP contribution < -0.4 is 15.8 Å². The van der Waals surface area contributed by atoms with Crippen molar-refractivity contribution in [2.45, 2.75) is 6.54 Å². The molecule has 1 amide bonds. The van der Waals surface area contributed by atoms with Crippen molar-refractivity contribution in [2.75, 3.05) is 11.9 Å². The van der Waals surface area contributed by atoms with Crippen molar-refractivity contribution in [3.8, 4) is 16.9 Å². The zero-order valence-electron chi connectivity index (χ0n) is 15.0. The highest BCUT2D eigenvalue weighted by Crippen LogP contribution is 2.28. The first-order chi connectivity index (χ1) is 13.6. The fourth-order valence-corrected chi connectivity index (χ4v) is 2.77. The average molecular weight is 393 g/mol. The summed E-state index contributed by atoms with van der Waals surface area (Å²) in [6, 6.07) is 16.1. The first-order valence-corrected chi connectivity index (χ1v) is 9.01. The Morgan fingerprint density at radius 1 is 1.07 bits per heavy atom. The summed E-state index contributed by atoms with van der Waals surface area (Å²) in [7, 11) is 0. The molecule has 0 bridgehead atoms. The largest absolute Gasteiger partial charge is 0.485 e. The molecule has 0 radical (unpaired) electrons. The standard InChI is InChI=1S/C21H19N3O3S/c22-12-16-5-4-15(21(26)24-17-6-8-23-9-7-17)11-19(16)14-2-1-3-18(10-14)27-13-20(25)28/h1-11H,12-13,22H2,(H,25,28)(H,23,24,26). The van der Waals surface area contributed by atoms with Gasteiger partial charge in [0.05, 0.1) is 0 Å². The molecule has 0 saturated heterocycles. The SMILES string of the molecule is NCc1ccc(C(=O)Nc2ccncc2)cc1-c1cccc(OCC(=O)S)c1. The molecule has 3 N–H and O–H groups in total. The maximum atomic E-state index is 12.6. The first kappa shape index (κ1) is 19.6. The maximum absolute atomic E-state index is 12.6. The number of benzene rings is 2. The third-order valence-electron chi connectivity index (χ3n) is 4.04. The quantitative estimate of drug-likeness (QED) is 0.536. The van der Waals surface area contributed by atoms with Crippen molar-refractivity contribution >= 4 is 29.3 Å². The van der Waals surface area contributed by atoms with Gasteiger partial charge in [0.2, 0.25) is 5.12 Å². The summed E-state index contributed by atoms with van der Waals surface area (Å²) >= 11 is 3.70. The van der Waals surface area contributed by atoms with Crippen LogP contribution in [0.2, 0.25) is 0 Å². The van der Waals surface area contributed by atoms with E-state index in [-0.39, 0.29) is 17.6 Å². The van der Waals surface area contributed by atoms with Crippen LogP contribution in [0.1, 0.15) is 15.9 Å². The minimum absolute atomic E-state index is 0.120. The fourth-order valence-electron chi connectivity index (χ4n) is 2.70. The summed E-state index contributed by atoms with van der Waals surface area (Å²) in [5.74, 6) is 0.304. The van der Waals surface area contributed by atoms with Crippen LogP contribution in [-0.2, 0) is 11.3 Å². The molecule has 0 atom stereocenters. The molecule has 0 saturated carbocycles. The molecule has 0 aliphatic rings. The van der Waals surface area contributed by atoms with Crippen LogP contribution in [0.25, 0.3) is 11.1 Å². The number of anilines is 1. The molecule has 3 aromatic rings. The molecule has 3 rings (SSSR count). The monoisotopic (exact) mass is 393 g/mol. The molecule has 0 spiro atoms. The minimum atomic E-state index is -0.358. The number of hydrogen-bond donors (Lipinski definition) is 3. The topological polar surface area (TPSA) is 94.3 Å². The Morgan fingerprint density at radius 2 is 1.86 bits per heavy atom. The second-order valence-electron chi connectivity index (χ2n) is 5.98. The smallest absolute Gasteiger partial charge is 0.255 e. The summed E-state index contributed by atoms with van der Waals surface area (Å²) in [5, 5.41) is 2.48. The van der Waals surface area contributed by atoms with Gasteiger partial charge in [-0.3, -0.25) is 14.6 Å². The van der Waals surface area contributed by atoms with Crippen LogP contribution >= 0.6 is 12.6 Å². The number of carbonyl (C=O) groups is 2. The molecular formula is C21H19N3O3S. The lowest BCUT2D eigenvalue weighted by Crippen LogP contribution is -2.12. The number of amides is 1.